The number of hydrogen-bond donors (Lipinski definition) is 0. The summed E-state index contributed by atoms with van der Waals surface area (Å²) in [6.07, 6.45) is -3.45. The maximum Gasteiger partial charge on any atom is 0.417 e. The predicted molar refractivity (Wildman–Crippen MR) is 84.0 cm³/mol. The number of benzene rings is 1. The molecule has 0 bridgehead atoms. The summed E-state index contributed by atoms with van der Waals surface area (Å²) in [6, 6.07) is 6.35. The highest BCUT2D eigenvalue weighted by Gasteiger charge is 2.34. The smallest absolute Gasteiger partial charge is 0.417 e. The third kappa shape index (κ3) is 3.41. The largest absolute Gasteiger partial charge is 0.465 e. The van der Waals surface area contributed by atoms with E-state index in [1.165, 1.54) is 31.4 Å². The van der Waals surface area contributed by atoms with Crippen LogP contribution in [0.4, 0.5) is 13.2 Å². The van der Waals surface area contributed by atoms with E-state index in [0.717, 1.165) is 12.3 Å². The van der Waals surface area contributed by atoms with Crippen LogP contribution in [0, 0.1) is 6.92 Å². The molecule has 0 N–H and O–H groups in total. The molecule has 3 rings (SSSR count). The Balaban J connectivity index is 2.08. The Kier molecular flexibility index (Phi) is 4.45. The molecule has 26 heavy (non-hydrogen) atoms. The highest BCUT2D eigenvalue weighted by atomic mass is 19.4. The minimum atomic E-state index is -4.62. The van der Waals surface area contributed by atoms with E-state index in [4.69, 9.17) is 4.52 Å². The maximum atomic E-state index is 13.5. The van der Waals surface area contributed by atoms with Gasteiger partial charge in [-0.25, -0.2) is 4.79 Å². The van der Waals surface area contributed by atoms with E-state index in [9.17, 15) is 18.0 Å². The summed E-state index contributed by atoms with van der Waals surface area (Å²) in [5.74, 6) is -0.311. The summed E-state index contributed by atoms with van der Waals surface area (Å²) >= 11 is 0. The lowest BCUT2D eigenvalue weighted by atomic mass is 9.99. The molecule has 0 atom stereocenters. The van der Waals surface area contributed by atoms with Gasteiger partial charge in [0.25, 0.3) is 0 Å². The summed E-state index contributed by atoms with van der Waals surface area (Å²) in [4.78, 5) is 19.3. The van der Waals surface area contributed by atoms with Gasteiger partial charge in [0, 0.05) is 24.2 Å². The third-order valence-corrected chi connectivity index (χ3v) is 3.57. The molecule has 9 heteroatoms. The fraction of sp³-hybridized carbons (Fsp3) is 0.176. The molecule has 0 aliphatic carbocycles. The molecule has 0 amide bonds. The molecule has 2 heterocycles. The molecular weight excluding hydrogens is 351 g/mol. The van der Waals surface area contributed by atoms with Crippen LogP contribution in [-0.2, 0) is 10.9 Å². The van der Waals surface area contributed by atoms with Crippen molar-refractivity contribution in [3.05, 3.63) is 53.5 Å². The van der Waals surface area contributed by atoms with Crippen LogP contribution in [0.25, 0.3) is 22.6 Å². The first-order valence-corrected chi connectivity index (χ1v) is 7.36. The molecule has 0 unspecified atom stereocenters. The number of ether oxygens (including phenoxy) is 1. The lowest BCUT2D eigenvalue weighted by Crippen LogP contribution is -2.08. The van der Waals surface area contributed by atoms with Crippen molar-refractivity contribution in [3.8, 4) is 22.6 Å². The number of rotatable bonds is 3. The number of methoxy groups -OCH3 is 1. The monoisotopic (exact) mass is 363 g/mol. The van der Waals surface area contributed by atoms with Crippen LogP contribution in [0.5, 0.6) is 0 Å². The number of pyridine rings is 1. The van der Waals surface area contributed by atoms with Gasteiger partial charge in [-0.05, 0) is 18.2 Å². The Morgan fingerprint density at radius 2 is 1.96 bits per heavy atom. The van der Waals surface area contributed by atoms with Crippen molar-refractivity contribution in [2.45, 2.75) is 13.1 Å². The van der Waals surface area contributed by atoms with Crippen molar-refractivity contribution in [3.63, 3.8) is 0 Å². The van der Waals surface area contributed by atoms with Gasteiger partial charge in [0.2, 0.25) is 11.7 Å². The topological polar surface area (TPSA) is 78.1 Å². The quantitative estimate of drug-likeness (QED) is 0.657. The highest BCUT2D eigenvalue weighted by molar-refractivity contribution is 5.89. The van der Waals surface area contributed by atoms with Crippen LogP contribution in [0.2, 0.25) is 0 Å². The van der Waals surface area contributed by atoms with E-state index in [2.05, 4.69) is 19.9 Å². The third-order valence-electron chi connectivity index (χ3n) is 3.57. The maximum absolute atomic E-state index is 13.5. The number of alkyl halides is 3. The molecule has 0 radical (unpaired) electrons. The molecule has 134 valence electrons. The van der Waals surface area contributed by atoms with Crippen molar-refractivity contribution in [1.82, 2.24) is 15.1 Å². The van der Waals surface area contributed by atoms with Gasteiger partial charge in [-0.3, -0.25) is 4.98 Å². The average Bonchev–Trinajstić information content (AvgIpc) is 3.06. The van der Waals surface area contributed by atoms with Gasteiger partial charge in [0.1, 0.15) is 0 Å². The Morgan fingerprint density at radius 3 is 2.50 bits per heavy atom. The van der Waals surface area contributed by atoms with Gasteiger partial charge >= 0.3 is 12.1 Å². The summed E-state index contributed by atoms with van der Waals surface area (Å²) in [5.41, 5.74) is -0.637. The van der Waals surface area contributed by atoms with Crippen LogP contribution >= 0.6 is 0 Å². The van der Waals surface area contributed by atoms with E-state index < -0.39 is 17.7 Å². The molecule has 6 nitrogen and oxygen atoms in total. The van der Waals surface area contributed by atoms with Gasteiger partial charge in [-0.2, -0.15) is 18.2 Å². The Bertz CT molecular complexity index is 950. The van der Waals surface area contributed by atoms with Crippen molar-refractivity contribution >= 4 is 5.97 Å². The number of esters is 1. The number of aromatic nitrogens is 3. The molecule has 0 aliphatic rings. The van der Waals surface area contributed by atoms with Crippen molar-refractivity contribution < 1.29 is 27.2 Å². The second-order valence-electron chi connectivity index (χ2n) is 5.32. The van der Waals surface area contributed by atoms with Crippen molar-refractivity contribution in [1.29, 1.82) is 0 Å². The molecule has 3 aromatic rings. The molecule has 0 saturated carbocycles. The molecular formula is C17H12F3N3O3. The number of halogens is 3. The van der Waals surface area contributed by atoms with Gasteiger partial charge in [-0.15, -0.1) is 0 Å². The molecule has 1 aromatic carbocycles. The Labute approximate surface area is 145 Å². The Morgan fingerprint density at radius 1 is 1.19 bits per heavy atom. The number of carbonyl (C=O) groups is 1. The number of nitrogens with zero attached hydrogens (tertiary/aromatic N) is 3. The summed E-state index contributed by atoms with van der Waals surface area (Å²) < 4.78 is 49.9. The second kappa shape index (κ2) is 6.58. The van der Waals surface area contributed by atoms with Gasteiger partial charge in [-0.1, -0.05) is 17.3 Å². The SMILES string of the molecule is COC(=O)c1ccc(-c2ccc(-c3noc(C)n3)cc2C(F)(F)F)nc1. The van der Waals surface area contributed by atoms with Crippen LogP contribution in [0.1, 0.15) is 21.8 Å². The Hall–Kier alpha value is -3.23. The van der Waals surface area contributed by atoms with E-state index in [1.807, 2.05) is 0 Å². The average molecular weight is 363 g/mol. The first kappa shape index (κ1) is 17.6. The normalized spacial score (nSPS) is 11.4. The van der Waals surface area contributed by atoms with E-state index in [1.54, 1.807) is 6.92 Å². The van der Waals surface area contributed by atoms with Crippen molar-refractivity contribution in [2.75, 3.05) is 7.11 Å². The summed E-state index contributed by atoms with van der Waals surface area (Å²) in [6.45, 7) is 1.54. The van der Waals surface area contributed by atoms with Crippen LogP contribution in [0.15, 0.2) is 41.1 Å². The number of hydrogen-bond acceptors (Lipinski definition) is 6. The first-order valence-electron chi connectivity index (χ1n) is 7.36. The minimum Gasteiger partial charge on any atom is -0.465 e. The number of carbonyl (C=O) groups excluding carboxylic acids is 1. The van der Waals surface area contributed by atoms with Gasteiger partial charge in [0.05, 0.1) is 23.9 Å². The van der Waals surface area contributed by atoms with Crippen LogP contribution in [-0.4, -0.2) is 28.2 Å². The van der Waals surface area contributed by atoms with Crippen molar-refractivity contribution in [2.24, 2.45) is 0 Å². The zero-order valence-corrected chi connectivity index (χ0v) is 13.7. The molecule has 0 spiro atoms. The molecule has 0 aliphatic heterocycles. The molecule has 2 aromatic heterocycles. The summed E-state index contributed by atoms with van der Waals surface area (Å²) in [5, 5.41) is 3.63. The predicted octanol–water partition coefficient (Wildman–Crippen LogP) is 3.91. The lowest BCUT2D eigenvalue weighted by molar-refractivity contribution is -0.137. The minimum absolute atomic E-state index is 0.0635. The standard InChI is InChI=1S/C17H12F3N3O3/c1-9-22-15(23-26-9)10-3-5-12(13(7-10)17(18,19)20)14-6-4-11(8-21-14)16(24)25-2/h3-8H,1-2H3. The van der Waals surface area contributed by atoms with E-state index in [0.29, 0.717) is 0 Å². The zero-order valence-electron chi connectivity index (χ0n) is 13.7. The van der Waals surface area contributed by atoms with Gasteiger partial charge < -0.3 is 9.26 Å². The lowest BCUT2D eigenvalue weighted by Gasteiger charge is -2.13. The zero-order chi connectivity index (χ0) is 18.9. The van der Waals surface area contributed by atoms with E-state index in [-0.39, 0.29) is 34.1 Å². The second-order valence-corrected chi connectivity index (χ2v) is 5.32. The fourth-order valence-electron chi connectivity index (χ4n) is 2.35. The first-order chi connectivity index (χ1) is 12.3. The highest BCUT2D eigenvalue weighted by Crippen LogP contribution is 2.38. The van der Waals surface area contributed by atoms with E-state index >= 15 is 0 Å². The fourth-order valence-corrected chi connectivity index (χ4v) is 2.35. The molecule has 0 saturated heterocycles. The van der Waals surface area contributed by atoms with Gasteiger partial charge in [0.15, 0.2) is 0 Å². The number of aryl methyl sites for hydroxylation is 1. The summed E-state index contributed by atoms with van der Waals surface area (Å²) in [7, 11) is 1.20. The van der Waals surface area contributed by atoms with Crippen LogP contribution in [0.3, 0.4) is 0 Å². The molecule has 0 fully saturated rings. The van der Waals surface area contributed by atoms with Crippen LogP contribution < -0.4 is 0 Å².